The summed E-state index contributed by atoms with van der Waals surface area (Å²) < 4.78 is 5.22. The summed E-state index contributed by atoms with van der Waals surface area (Å²) >= 11 is 0. The van der Waals surface area contributed by atoms with Gasteiger partial charge in [0.2, 0.25) is 0 Å². The summed E-state index contributed by atoms with van der Waals surface area (Å²) in [4.78, 5) is 10.9. The zero-order valence-corrected chi connectivity index (χ0v) is 10.3. The van der Waals surface area contributed by atoms with E-state index in [0.717, 1.165) is 24.2 Å². The van der Waals surface area contributed by atoms with Crippen LogP contribution in [0.25, 0.3) is 0 Å². The van der Waals surface area contributed by atoms with Crippen LogP contribution in [0.5, 0.6) is 5.75 Å². The molecule has 1 aliphatic carbocycles. The molecule has 0 amide bonds. The van der Waals surface area contributed by atoms with Crippen molar-refractivity contribution in [2.45, 2.75) is 38.0 Å². The average molecular weight is 234 g/mol. The Bertz CT molecular complexity index is 425. The van der Waals surface area contributed by atoms with E-state index in [1.165, 1.54) is 5.56 Å². The highest BCUT2D eigenvalue weighted by Gasteiger charge is 2.26. The van der Waals surface area contributed by atoms with Crippen LogP contribution in [0.3, 0.4) is 0 Å². The SMILES string of the molecule is COc1ccc2c(c1)C(CC(=O)O)CCC2C. The molecule has 0 spiro atoms. The first-order valence-corrected chi connectivity index (χ1v) is 6.01. The predicted octanol–water partition coefficient (Wildman–Crippen LogP) is 3.15. The molecule has 1 aliphatic rings. The molecule has 3 nitrogen and oxygen atoms in total. The molecule has 0 saturated heterocycles. The first-order chi connectivity index (χ1) is 8.11. The van der Waals surface area contributed by atoms with E-state index < -0.39 is 5.97 Å². The van der Waals surface area contributed by atoms with Gasteiger partial charge in [-0.2, -0.15) is 0 Å². The van der Waals surface area contributed by atoms with Crippen LogP contribution in [0.15, 0.2) is 18.2 Å². The molecule has 0 aliphatic heterocycles. The van der Waals surface area contributed by atoms with E-state index in [1.807, 2.05) is 12.1 Å². The van der Waals surface area contributed by atoms with Crippen molar-refractivity contribution in [3.8, 4) is 5.75 Å². The normalized spacial score (nSPS) is 22.9. The van der Waals surface area contributed by atoms with Gasteiger partial charge in [-0.15, -0.1) is 0 Å². The van der Waals surface area contributed by atoms with E-state index in [4.69, 9.17) is 9.84 Å². The summed E-state index contributed by atoms with van der Waals surface area (Å²) in [6, 6.07) is 6.03. The molecule has 1 N–H and O–H groups in total. The summed E-state index contributed by atoms with van der Waals surface area (Å²) in [5.74, 6) is 0.737. The van der Waals surface area contributed by atoms with E-state index in [-0.39, 0.29) is 12.3 Å². The minimum Gasteiger partial charge on any atom is -0.497 e. The lowest BCUT2D eigenvalue weighted by Crippen LogP contribution is -2.15. The molecule has 0 fully saturated rings. The third kappa shape index (κ3) is 2.43. The monoisotopic (exact) mass is 234 g/mol. The van der Waals surface area contributed by atoms with Crippen molar-refractivity contribution in [1.29, 1.82) is 0 Å². The lowest BCUT2D eigenvalue weighted by atomic mass is 9.76. The van der Waals surface area contributed by atoms with Gasteiger partial charge in [-0.05, 0) is 47.9 Å². The molecule has 1 aromatic carbocycles. The zero-order chi connectivity index (χ0) is 12.4. The Hall–Kier alpha value is -1.51. The van der Waals surface area contributed by atoms with Crippen molar-refractivity contribution in [2.24, 2.45) is 0 Å². The standard InChI is InChI=1S/C14H18O3/c1-9-3-4-10(7-14(15)16)13-8-11(17-2)5-6-12(9)13/h5-6,8-10H,3-4,7H2,1-2H3,(H,15,16). The molecule has 0 bridgehead atoms. The van der Waals surface area contributed by atoms with Gasteiger partial charge < -0.3 is 9.84 Å². The number of ether oxygens (including phenoxy) is 1. The van der Waals surface area contributed by atoms with E-state index in [9.17, 15) is 4.79 Å². The van der Waals surface area contributed by atoms with E-state index in [1.54, 1.807) is 7.11 Å². The highest BCUT2D eigenvalue weighted by molar-refractivity contribution is 5.68. The van der Waals surface area contributed by atoms with Crippen molar-refractivity contribution in [3.63, 3.8) is 0 Å². The first-order valence-electron chi connectivity index (χ1n) is 6.01. The van der Waals surface area contributed by atoms with Gasteiger partial charge in [0.25, 0.3) is 0 Å². The third-order valence-electron chi connectivity index (χ3n) is 3.63. The molecular weight excluding hydrogens is 216 g/mol. The number of carboxylic acids is 1. The summed E-state index contributed by atoms with van der Waals surface area (Å²) in [6.07, 6.45) is 2.23. The maximum absolute atomic E-state index is 10.9. The molecule has 0 radical (unpaired) electrons. The van der Waals surface area contributed by atoms with Crippen LogP contribution in [-0.4, -0.2) is 18.2 Å². The summed E-state index contributed by atoms with van der Waals surface area (Å²) in [7, 11) is 1.64. The van der Waals surface area contributed by atoms with Crippen LogP contribution < -0.4 is 4.74 Å². The molecule has 1 aromatic rings. The molecule has 92 valence electrons. The van der Waals surface area contributed by atoms with E-state index in [0.29, 0.717) is 5.92 Å². The molecule has 2 unspecified atom stereocenters. The highest BCUT2D eigenvalue weighted by atomic mass is 16.5. The molecule has 2 rings (SSSR count). The van der Waals surface area contributed by atoms with Gasteiger partial charge in [-0.25, -0.2) is 0 Å². The third-order valence-corrected chi connectivity index (χ3v) is 3.63. The van der Waals surface area contributed by atoms with Gasteiger partial charge in [0, 0.05) is 0 Å². The second-order valence-corrected chi connectivity index (χ2v) is 4.77. The molecular formula is C14H18O3. The predicted molar refractivity (Wildman–Crippen MR) is 65.6 cm³/mol. The Balaban J connectivity index is 2.37. The first kappa shape index (κ1) is 12.0. The van der Waals surface area contributed by atoms with Gasteiger partial charge in [-0.1, -0.05) is 13.0 Å². The van der Waals surface area contributed by atoms with E-state index in [2.05, 4.69) is 13.0 Å². The molecule has 0 heterocycles. The minimum atomic E-state index is -0.724. The summed E-state index contributed by atoms with van der Waals surface area (Å²) in [5, 5.41) is 8.95. The van der Waals surface area contributed by atoms with Gasteiger partial charge in [0.1, 0.15) is 5.75 Å². The largest absolute Gasteiger partial charge is 0.497 e. The number of carbonyl (C=O) groups is 1. The van der Waals surface area contributed by atoms with Gasteiger partial charge in [0.05, 0.1) is 13.5 Å². The lowest BCUT2D eigenvalue weighted by molar-refractivity contribution is -0.137. The Kier molecular flexibility index (Phi) is 3.36. The van der Waals surface area contributed by atoms with Crippen LogP contribution in [0.1, 0.15) is 49.1 Å². The Morgan fingerprint density at radius 3 is 2.82 bits per heavy atom. The highest BCUT2D eigenvalue weighted by Crippen LogP contribution is 2.41. The van der Waals surface area contributed by atoms with Crippen molar-refractivity contribution < 1.29 is 14.6 Å². The van der Waals surface area contributed by atoms with E-state index >= 15 is 0 Å². The Morgan fingerprint density at radius 2 is 2.18 bits per heavy atom. The topological polar surface area (TPSA) is 46.5 Å². The van der Waals surface area contributed by atoms with Crippen molar-refractivity contribution in [1.82, 2.24) is 0 Å². The van der Waals surface area contributed by atoms with Crippen molar-refractivity contribution in [2.75, 3.05) is 7.11 Å². The number of carboxylic acid groups (broad SMARTS) is 1. The molecule has 2 atom stereocenters. The molecule has 0 aromatic heterocycles. The number of rotatable bonds is 3. The van der Waals surface area contributed by atoms with Crippen LogP contribution in [-0.2, 0) is 4.79 Å². The van der Waals surface area contributed by atoms with Gasteiger partial charge in [-0.3, -0.25) is 4.79 Å². The summed E-state index contributed by atoms with van der Waals surface area (Å²) in [5.41, 5.74) is 2.44. The maximum atomic E-state index is 10.9. The smallest absolute Gasteiger partial charge is 0.303 e. The number of hydrogen-bond donors (Lipinski definition) is 1. The number of methoxy groups -OCH3 is 1. The minimum absolute atomic E-state index is 0.133. The number of hydrogen-bond acceptors (Lipinski definition) is 2. The number of aliphatic carboxylic acids is 1. The average Bonchev–Trinajstić information content (AvgIpc) is 2.32. The molecule has 3 heteroatoms. The van der Waals surface area contributed by atoms with Crippen LogP contribution in [0.2, 0.25) is 0 Å². The second kappa shape index (κ2) is 4.78. The lowest BCUT2D eigenvalue weighted by Gasteiger charge is -2.29. The number of fused-ring (bicyclic) bond motifs is 1. The van der Waals surface area contributed by atoms with Gasteiger partial charge >= 0.3 is 5.97 Å². The van der Waals surface area contributed by atoms with Crippen LogP contribution >= 0.6 is 0 Å². The van der Waals surface area contributed by atoms with Gasteiger partial charge in [0.15, 0.2) is 0 Å². The van der Waals surface area contributed by atoms with Crippen molar-refractivity contribution >= 4 is 5.97 Å². The fourth-order valence-corrected chi connectivity index (χ4v) is 2.67. The zero-order valence-electron chi connectivity index (χ0n) is 10.3. The number of benzene rings is 1. The quantitative estimate of drug-likeness (QED) is 0.873. The van der Waals surface area contributed by atoms with Crippen LogP contribution in [0, 0.1) is 0 Å². The Labute approximate surface area is 101 Å². The molecule has 17 heavy (non-hydrogen) atoms. The molecule has 0 saturated carbocycles. The second-order valence-electron chi connectivity index (χ2n) is 4.77. The fourth-order valence-electron chi connectivity index (χ4n) is 2.67. The fraction of sp³-hybridized carbons (Fsp3) is 0.500. The summed E-state index contributed by atoms with van der Waals surface area (Å²) in [6.45, 7) is 2.20. The van der Waals surface area contributed by atoms with Crippen LogP contribution in [0.4, 0.5) is 0 Å². The maximum Gasteiger partial charge on any atom is 0.303 e. The Morgan fingerprint density at radius 1 is 1.41 bits per heavy atom. The van der Waals surface area contributed by atoms with Crippen molar-refractivity contribution in [3.05, 3.63) is 29.3 Å².